The molecule has 0 bridgehead atoms. The summed E-state index contributed by atoms with van der Waals surface area (Å²) >= 11 is 0. The van der Waals surface area contributed by atoms with Crippen molar-refractivity contribution in [3.8, 4) is 11.5 Å². The number of rotatable bonds is 6. The molecule has 0 radical (unpaired) electrons. The van der Waals surface area contributed by atoms with Crippen LogP contribution in [0.3, 0.4) is 0 Å². The monoisotopic (exact) mass is 472 g/mol. The lowest BCUT2D eigenvalue weighted by Crippen LogP contribution is -2.24. The fourth-order valence-corrected chi connectivity index (χ4v) is 4.63. The van der Waals surface area contributed by atoms with Gasteiger partial charge in [-0.3, -0.25) is 4.79 Å². The van der Waals surface area contributed by atoms with Crippen molar-refractivity contribution >= 4 is 20.6 Å². The Bertz CT molecular complexity index is 1490. The van der Waals surface area contributed by atoms with E-state index in [1.807, 2.05) is 0 Å². The Balaban J connectivity index is 1.72. The molecule has 4 rings (SSSR count). The minimum absolute atomic E-state index is 0.0122. The van der Waals surface area contributed by atoms with Crippen molar-refractivity contribution in [2.24, 2.45) is 0 Å². The molecule has 1 heterocycles. The van der Waals surface area contributed by atoms with Crippen LogP contribution in [0.15, 0.2) is 75.4 Å². The van der Waals surface area contributed by atoms with Crippen LogP contribution in [0.2, 0.25) is 0 Å². The molecule has 0 aliphatic rings. The number of halogens is 2. The first kappa shape index (κ1) is 22.4. The summed E-state index contributed by atoms with van der Waals surface area (Å²) in [5.41, 5.74) is -0.959. The summed E-state index contributed by atoms with van der Waals surface area (Å²) in [5.74, 6) is -1.22. The molecule has 0 spiro atoms. The van der Waals surface area contributed by atoms with Crippen LogP contribution < -0.4 is 15.0 Å². The fourth-order valence-electron chi connectivity index (χ4n) is 3.33. The molecule has 0 aliphatic heterocycles. The lowest BCUT2D eigenvalue weighted by Gasteiger charge is -2.10. The van der Waals surface area contributed by atoms with E-state index in [1.54, 1.807) is 0 Å². The van der Waals surface area contributed by atoms with Crippen LogP contribution in [-0.4, -0.2) is 32.4 Å². The summed E-state index contributed by atoms with van der Waals surface area (Å²) in [7, 11) is -1.09. The fraction of sp³-hybridized carbons (Fsp3) is 0.130. The molecule has 0 saturated carbocycles. The number of nitrogens with zero attached hydrogens (tertiary/aromatic N) is 2. The molecule has 0 fully saturated rings. The van der Waals surface area contributed by atoms with Gasteiger partial charge in [-0.15, -0.1) is 0 Å². The SMILES string of the molecule is COc1ccc(S(=O)(=O)c2ccc3c(=O)n(Cc4c(F)cc(OC)cc4F)ncc3c2)cc1. The van der Waals surface area contributed by atoms with Crippen LogP contribution >= 0.6 is 0 Å². The third-order valence-corrected chi connectivity index (χ3v) is 6.93. The Hall–Kier alpha value is -3.79. The maximum Gasteiger partial charge on any atom is 0.274 e. The van der Waals surface area contributed by atoms with E-state index in [9.17, 15) is 22.0 Å². The molecule has 4 aromatic rings. The molecule has 0 aliphatic carbocycles. The van der Waals surface area contributed by atoms with Gasteiger partial charge in [0.2, 0.25) is 9.84 Å². The normalized spacial score (nSPS) is 11.5. The Morgan fingerprint density at radius 2 is 1.48 bits per heavy atom. The summed E-state index contributed by atoms with van der Waals surface area (Å²) in [4.78, 5) is 12.9. The maximum absolute atomic E-state index is 14.3. The molecule has 0 N–H and O–H groups in total. The minimum atomic E-state index is -3.85. The number of hydrogen-bond donors (Lipinski definition) is 0. The van der Waals surface area contributed by atoms with Crippen LogP contribution in [0, 0.1) is 11.6 Å². The van der Waals surface area contributed by atoms with Crippen molar-refractivity contribution < 1.29 is 26.7 Å². The van der Waals surface area contributed by atoms with E-state index in [4.69, 9.17) is 9.47 Å². The van der Waals surface area contributed by atoms with Gasteiger partial charge in [0.15, 0.2) is 0 Å². The Kier molecular flexibility index (Phi) is 5.86. The first-order valence-electron chi connectivity index (χ1n) is 9.65. The van der Waals surface area contributed by atoms with Gasteiger partial charge in [0.25, 0.3) is 5.56 Å². The number of methoxy groups -OCH3 is 2. The van der Waals surface area contributed by atoms with Gasteiger partial charge in [0.1, 0.15) is 23.1 Å². The van der Waals surface area contributed by atoms with Gasteiger partial charge in [-0.1, -0.05) is 0 Å². The molecule has 1 aromatic heterocycles. The Labute approximate surface area is 187 Å². The molecular formula is C23H18F2N2O5S. The third kappa shape index (κ3) is 4.17. The lowest BCUT2D eigenvalue weighted by atomic mass is 10.1. The van der Waals surface area contributed by atoms with Gasteiger partial charge in [-0.05, 0) is 42.5 Å². The van der Waals surface area contributed by atoms with Crippen LogP contribution in [-0.2, 0) is 16.4 Å². The predicted octanol–water partition coefficient (Wildman–Crippen LogP) is 3.57. The van der Waals surface area contributed by atoms with E-state index >= 15 is 0 Å². The second-order valence-corrected chi connectivity index (χ2v) is 9.05. The zero-order valence-electron chi connectivity index (χ0n) is 17.6. The average Bonchev–Trinajstić information content (AvgIpc) is 2.82. The van der Waals surface area contributed by atoms with E-state index in [0.717, 1.165) is 16.8 Å². The summed E-state index contributed by atoms with van der Waals surface area (Å²) in [6.45, 7) is -0.442. The highest BCUT2D eigenvalue weighted by atomic mass is 32.2. The highest BCUT2D eigenvalue weighted by Crippen LogP contribution is 2.25. The maximum atomic E-state index is 14.3. The molecule has 10 heteroatoms. The smallest absolute Gasteiger partial charge is 0.274 e. The minimum Gasteiger partial charge on any atom is -0.497 e. The molecule has 0 atom stereocenters. The van der Waals surface area contributed by atoms with E-state index in [1.165, 1.54) is 62.9 Å². The number of hydrogen-bond acceptors (Lipinski definition) is 6. The van der Waals surface area contributed by atoms with Crippen molar-refractivity contribution in [3.63, 3.8) is 0 Å². The van der Waals surface area contributed by atoms with Crippen molar-refractivity contribution in [1.82, 2.24) is 9.78 Å². The van der Waals surface area contributed by atoms with Gasteiger partial charge >= 0.3 is 0 Å². The molecule has 0 amide bonds. The van der Waals surface area contributed by atoms with Crippen molar-refractivity contribution in [1.29, 1.82) is 0 Å². The number of aromatic nitrogens is 2. The molecule has 170 valence electrons. The van der Waals surface area contributed by atoms with Gasteiger partial charge in [0, 0.05) is 23.1 Å². The largest absolute Gasteiger partial charge is 0.497 e. The summed E-state index contributed by atoms with van der Waals surface area (Å²) in [6.07, 6.45) is 1.28. The van der Waals surface area contributed by atoms with E-state index < -0.39 is 33.6 Å². The summed E-state index contributed by atoms with van der Waals surface area (Å²) < 4.78 is 65.3. The molecule has 0 unspecified atom stereocenters. The third-order valence-electron chi connectivity index (χ3n) is 5.16. The zero-order chi connectivity index (χ0) is 23.8. The predicted molar refractivity (Wildman–Crippen MR) is 116 cm³/mol. The van der Waals surface area contributed by atoms with Crippen LogP contribution in [0.25, 0.3) is 10.8 Å². The van der Waals surface area contributed by atoms with Gasteiger partial charge in [0.05, 0.1) is 42.1 Å². The van der Waals surface area contributed by atoms with Gasteiger partial charge < -0.3 is 9.47 Å². The average molecular weight is 472 g/mol. The Morgan fingerprint density at radius 3 is 2.09 bits per heavy atom. The number of benzene rings is 3. The first-order chi connectivity index (χ1) is 15.7. The molecular weight excluding hydrogens is 454 g/mol. The second-order valence-electron chi connectivity index (χ2n) is 7.10. The summed E-state index contributed by atoms with van der Waals surface area (Å²) in [6, 6.07) is 11.9. The highest BCUT2D eigenvalue weighted by Gasteiger charge is 2.20. The quantitative estimate of drug-likeness (QED) is 0.426. The van der Waals surface area contributed by atoms with Crippen molar-refractivity contribution in [3.05, 3.63) is 88.3 Å². The van der Waals surface area contributed by atoms with Gasteiger partial charge in [-0.25, -0.2) is 21.9 Å². The Morgan fingerprint density at radius 1 is 0.879 bits per heavy atom. The molecule has 3 aromatic carbocycles. The topological polar surface area (TPSA) is 87.5 Å². The van der Waals surface area contributed by atoms with Gasteiger partial charge in [-0.2, -0.15) is 5.10 Å². The number of sulfone groups is 1. The zero-order valence-corrected chi connectivity index (χ0v) is 18.4. The van der Waals surface area contributed by atoms with E-state index in [2.05, 4.69) is 5.10 Å². The highest BCUT2D eigenvalue weighted by molar-refractivity contribution is 7.91. The van der Waals surface area contributed by atoms with E-state index in [-0.39, 0.29) is 31.9 Å². The number of fused-ring (bicyclic) bond motifs is 1. The molecule has 33 heavy (non-hydrogen) atoms. The van der Waals surface area contributed by atoms with E-state index in [0.29, 0.717) is 5.75 Å². The number of ether oxygens (including phenoxy) is 2. The van der Waals surface area contributed by atoms with Crippen LogP contribution in [0.5, 0.6) is 11.5 Å². The second kappa shape index (κ2) is 8.62. The van der Waals surface area contributed by atoms with Crippen molar-refractivity contribution in [2.45, 2.75) is 16.3 Å². The van der Waals surface area contributed by atoms with Crippen molar-refractivity contribution in [2.75, 3.05) is 14.2 Å². The molecule has 7 nitrogen and oxygen atoms in total. The lowest BCUT2D eigenvalue weighted by molar-refractivity contribution is 0.404. The van der Waals surface area contributed by atoms with Crippen LogP contribution in [0.1, 0.15) is 5.56 Å². The standard InChI is InChI=1S/C23H18F2N2O5S/c1-31-15-3-5-17(6-4-15)33(29,30)18-7-8-19-14(9-18)12-26-27(23(19)28)13-20-21(24)10-16(32-2)11-22(20)25/h3-12H,13H2,1-2H3. The van der Waals surface area contributed by atoms with Crippen LogP contribution in [0.4, 0.5) is 8.78 Å². The molecule has 0 saturated heterocycles. The first-order valence-corrected chi connectivity index (χ1v) is 11.1. The summed E-state index contributed by atoms with van der Waals surface area (Å²) in [5, 5.41) is 4.41.